The van der Waals surface area contributed by atoms with Crippen molar-refractivity contribution in [3.05, 3.63) is 24.3 Å². The monoisotopic (exact) mass is 364 g/mol. The molecule has 0 radical (unpaired) electrons. The van der Waals surface area contributed by atoms with E-state index in [2.05, 4.69) is 55.8 Å². The molecule has 0 N–H and O–H groups in total. The third-order valence-corrected chi connectivity index (χ3v) is 6.37. The molecule has 0 atom stereocenters. The molecule has 0 amide bonds. The van der Waals surface area contributed by atoms with Crippen molar-refractivity contribution in [2.24, 2.45) is 0 Å². The number of anilines is 1. The first-order valence-corrected chi connectivity index (χ1v) is 10.5. The van der Waals surface area contributed by atoms with Crippen LogP contribution in [0.15, 0.2) is 24.3 Å². The van der Waals surface area contributed by atoms with Crippen LogP contribution in [0.4, 0.5) is 5.95 Å². The van der Waals surface area contributed by atoms with E-state index in [1.165, 1.54) is 37.6 Å². The molecule has 3 heterocycles. The highest BCUT2D eigenvalue weighted by atomic mass is 15.4. The molecule has 2 aromatic heterocycles. The smallest absolute Gasteiger partial charge is 0.247 e. The number of benzene rings is 1. The second-order valence-corrected chi connectivity index (χ2v) is 7.86. The molecule has 0 bridgehead atoms. The van der Waals surface area contributed by atoms with E-state index in [0.29, 0.717) is 0 Å². The average molecular weight is 364 g/mol. The van der Waals surface area contributed by atoms with Crippen LogP contribution in [0, 0.1) is 0 Å². The fourth-order valence-corrected chi connectivity index (χ4v) is 4.88. The summed E-state index contributed by atoms with van der Waals surface area (Å²) >= 11 is 0. The van der Waals surface area contributed by atoms with Gasteiger partial charge >= 0.3 is 0 Å². The van der Waals surface area contributed by atoms with Crippen LogP contribution in [0.2, 0.25) is 0 Å². The molecule has 27 heavy (non-hydrogen) atoms. The highest BCUT2D eigenvalue weighted by Gasteiger charge is 2.26. The maximum atomic E-state index is 4.94. The summed E-state index contributed by atoms with van der Waals surface area (Å²) in [5, 5.41) is 10.2. The largest absolute Gasteiger partial charge is 0.337 e. The third-order valence-electron chi connectivity index (χ3n) is 6.37. The molecule has 6 nitrogen and oxygen atoms in total. The Kier molecular flexibility index (Phi) is 4.44. The average Bonchev–Trinajstić information content (AvgIpc) is 3.07. The summed E-state index contributed by atoms with van der Waals surface area (Å²) in [4.78, 5) is 9.94. The zero-order valence-corrected chi connectivity index (χ0v) is 16.1. The third kappa shape index (κ3) is 2.96. The van der Waals surface area contributed by atoms with Crippen molar-refractivity contribution < 1.29 is 0 Å². The van der Waals surface area contributed by atoms with Gasteiger partial charge in [-0.25, -0.2) is 0 Å². The minimum Gasteiger partial charge on any atom is -0.337 e. The summed E-state index contributed by atoms with van der Waals surface area (Å²) in [7, 11) is 0. The Balaban J connectivity index is 1.40. The molecule has 142 valence electrons. The lowest BCUT2D eigenvalue weighted by molar-refractivity contribution is 0.147. The van der Waals surface area contributed by atoms with Crippen LogP contribution in [0.3, 0.4) is 0 Å². The maximum absolute atomic E-state index is 4.94. The lowest BCUT2D eigenvalue weighted by atomic mass is 9.94. The van der Waals surface area contributed by atoms with Gasteiger partial charge in [0.1, 0.15) is 5.52 Å². The molecule has 2 fully saturated rings. The van der Waals surface area contributed by atoms with Crippen LogP contribution < -0.4 is 4.90 Å². The number of nitrogens with zero attached hydrogens (tertiary/aromatic N) is 6. The lowest BCUT2D eigenvalue weighted by Crippen LogP contribution is -2.51. The molecule has 1 aliphatic heterocycles. The second-order valence-electron chi connectivity index (χ2n) is 7.86. The van der Waals surface area contributed by atoms with Crippen molar-refractivity contribution in [1.82, 2.24) is 24.6 Å². The lowest BCUT2D eigenvalue weighted by Gasteiger charge is -2.40. The van der Waals surface area contributed by atoms with Crippen LogP contribution in [-0.2, 0) is 6.54 Å². The zero-order chi connectivity index (χ0) is 18.2. The topological polar surface area (TPSA) is 50.1 Å². The van der Waals surface area contributed by atoms with E-state index in [0.717, 1.165) is 61.3 Å². The van der Waals surface area contributed by atoms with Gasteiger partial charge in [0.05, 0.1) is 5.52 Å². The minimum absolute atomic E-state index is 0.781. The Hall–Kier alpha value is -2.21. The fourth-order valence-electron chi connectivity index (χ4n) is 4.88. The van der Waals surface area contributed by atoms with E-state index >= 15 is 0 Å². The van der Waals surface area contributed by atoms with Gasteiger partial charge in [0.15, 0.2) is 5.65 Å². The van der Waals surface area contributed by atoms with Crippen molar-refractivity contribution in [3.8, 4) is 0 Å². The number of aryl methyl sites for hydroxylation is 1. The Morgan fingerprint density at radius 2 is 1.74 bits per heavy atom. The SMILES string of the molecule is CCn1c2ccccc2c2nnc(N3CCN(C4CCCCC4)CC3)nc21. The number of fused-ring (bicyclic) bond motifs is 3. The van der Waals surface area contributed by atoms with Gasteiger partial charge in [-0.3, -0.25) is 4.90 Å². The standard InChI is InChI=1S/C21H28N6/c1-2-27-18-11-7-6-10-17(18)19-20(27)22-21(24-23-19)26-14-12-25(13-15-26)16-8-4-3-5-9-16/h6-7,10-11,16H,2-5,8-9,12-15H2,1H3. The molecule has 5 rings (SSSR count). The van der Waals surface area contributed by atoms with Gasteiger partial charge < -0.3 is 9.47 Å². The number of hydrogen-bond donors (Lipinski definition) is 0. The molecule has 3 aromatic rings. The van der Waals surface area contributed by atoms with Gasteiger partial charge in [-0.05, 0) is 25.8 Å². The number of rotatable bonds is 3. The molecule has 2 aliphatic rings. The molecular weight excluding hydrogens is 336 g/mol. The summed E-state index contributed by atoms with van der Waals surface area (Å²) in [5.74, 6) is 0.781. The Bertz CT molecular complexity index is 934. The van der Waals surface area contributed by atoms with E-state index < -0.39 is 0 Å². The zero-order valence-electron chi connectivity index (χ0n) is 16.1. The minimum atomic E-state index is 0.781. The Morgan fingerprint density at radius 3 is 2.52 bits per heavy atom. The fraction of sp³-hybridized carbons (Fsp3) is 0.571. The van der Waals surface area contributed by atoms with Gasteiger partial charge in [0, 0.05) is 44.2 Å². The molecular formula is C21H28N6. The Morgan fingerprint density at radius 1 is 0.963 bits per heavy atom. The molecule has 0 unspecified atom stereocenters. The molecule has 1 aliphatic carbocycles. The van der Waals surface area contributed by atoms with Crippen molar-refractivity contribution in [2.75, 3.05) is 31.1 Å². The molecule has 1 saturated heterocycles. The molecule has 1 aromatic carbocycles. The maximum Gasteiger partial charge on any atom is 0.247 e. The summed E-state index contributed by atoms with van der Waals surface area (Å²) in [6.45, 7) is 7.27. The van der Waals surface area contributed by atoms with Gasteiger partial charge in [-0.1, -0.05) is 37.5 Å². The number of aromatic nitrogens is 4. The highest BCUT2D eigenvalue weighted by Crippen LogP contribution is 2.28. The van der Waals surface area contributed by atoms with Crippen LogP contribution in [0.1, 0.15) is 39.0 Å². The Labute approximate surface area is 160 Å². The quantitative estimate of drug-likeness (QED) is 0.712. The normalized spacial score (nSPS) is 20.0. The summed E-state index contributed by atoms with van der Waals surface area (Å²) < 4.78 is 2.25. The number of piperazine rings is 1. The predicted molar refractivity (Wildman–Crippen MR) is 109 cm³/mol. The first-order chi connectivity index (χ1) is 13.3. The van der Waals surface area contributed by atoms with Crippen LogP contribution in [0.5, 0.6) is 0 Å². The van der Waals surface area contributed by atoms with Gasteiger partial charge in [0.2, 0.25) is 5.95 Å². The first kappa shape index (κ1) is 16.9. The van der Waals surface area contributed by atoms with Crippen molar-refractivity contribution >= 4 is 28.0 Å². The van der Waals surface area contributed by atoms with E-state index in [9.17, 15) is 0 Å². The number of hydrogen-bond acceptors (Lipinski definition) is 5. The molecule has 1 saturated carbocycles. The van der Waals surface area contributed by atoms with E-state index in [-0.39, 0.29) is 0 Å². The molecule has 6 heteroatoms. The summed E-state index contributed by atoms with van der Waals surface area (Å²) in [6, 6.07) is 9.19. The second kappa shape index (κ2) is 7.08. The highest BCUT2D eigenvalue weighted by molar-refractivity contribution is 6.04. The van der Waals surface area contributed by atoms with Crippen molar-refractivity contribution in [1.29, 1.82) is 0 Å². The summed E-state index contributed by atoms with van der Waals surface area (Å²) in [6.07, 6.45) is 6.97. The van der Waals surface area contributed by atoms with Gasteiger partial charge in [-0.15, -0.1) is 10.2 Å². The molecule has 0 spiro atoms. The van der Waals surface area contributed by atoms with E-state index in [1.807, 2.05) is 0 Å². The van der Waals surface area contributed by atoms with E-state index in [1.54, 1.807) is 0 Å². The van der Waals surface area contributed by atoms with Crippen LogP contribution in [0.25, 0.3) is 22.1 Å². The van der Waals surface area contributed by atoms with Crippen molar-refractivity contribution in [3.63, 3.8) is 0 Å². The first-order valence-electron chi connectivity index (χ1n) is 10.5. The van der Waals surface area contributed by atoms with Gasteiger partial charge in [-0.2, -0.15) is 4.98 Å². The van der Waals surface area contributed by atoms with Crippen LogP contribution in [-0.4, -0.2) is 56.9 Å². The van der Waals surface area contributed by atoms with Crippen LogP contribution >= 0.6 is 0 Å². The number of para-hydroxylation sites is 1. The van der Waals surface area contributed by atoms with Gasteiger partial charge in [0.25, 0.3) is 0 Å². The van der Waals surface area contributed by atoms with E-state index in [4.69, 9.17) is 4.98 Å². The summed E-state index contributed by atoms with van der Waals surface area (Å²) in [5.41, 5.74) is 3.06. The predicted octanol–water partition coefficient (Wildman–Crippen LogP) is 3.45. The van der Waals surface area contributed by atoms with Crippen molar-refractivity contribution in [2.45, 2.75) is 51.6 Å².